The number of anilines is 1. The number of carbonyl (C=O) groups excluding carboxylic acids is 2. The number of carbonyl (C=O) groups is 2. The molecule has 4 aromatic rings. The van der Waals surface area contributed by atoms with Crippen LogP contribution in [-0.2, 0) is 4.74 Å². The maximum atomic E-state index is 13.3. The third-order valence-corrected chi connectivity index (χ3v) is 4.82. The Morgan fingerprint density at radius 1 is 1.03 bits per heavy atom. The van der Waals surface area contributed by atoms with E-state index in [4.69, 9.17) is 4.74 Å². The van der Waals surface area contributed by atoms with Gasteiger partial charge in [-0.1, -0.05) is 24.3 Å². The molecule has 0 spiro atoms. The molecule has 2 heterocycles. The molecule has 0 radical (unpaired) electrons. The van der Waals surface area contributed by atoms with Crippen LogP contribution >= 0.6 is 0 Å². The number of methoxy groups -OCH3 is 1. The topological polar surface area (TPSA) is 86.1 Å². The molecule has 0 atom stereocenters. The molecule has 0 fully saturated rings. The Morgan fingerprint density at radius 2 is 1.84 bits per heavy atom. The van der Waals surface area contributed by atoms with Gasteiger partial charge in [0, 0.05) is 29.8 Å². The van der Waals surface area contributed by atoms with E-state index in [1.807, 2.05) is 43.3 Å². The maximum absolute atomic E-state index is 13.3. The van der Waals surface area contributed by atoms with Gasteiger partial charge in [-0.15, -0.1) is 0 Å². The number of hydrogen-bond acceptors (Lipinski definition) is 5. The van der Waals surface area contributed by atoms with Gasteiger partial charge in [-0.25, -0.2) is 9.48 Å². The first-order valence-corrected chi connectivity index (χ1v) is 9.62. The summed E-state index contributed by atoms with van der Waals surface area (Å²) in [4.78, 5) is 29.3. The molecule has 0 aliphatic carbocycles. The van der Waals surface area contributed by atoms with Gasteiger partial charge in [-0.05, 0) is 48.9 Å². The number of para-hydroxylation sites is 1. The van der Waals surface area contributed by atoms with Crippen molar-refractivity contribution in [2.24, 2.45) is 0 Å². The van der Waals surface area contributed by atoms with Crippen molar-refractivity contribution in [2.45, 2.75) is 6.92 Å². The van der Waals surface area contributed by atoms with E-state index >= 15 is 0 Å². The Labute approximate surface area is 179 Å². The van der Waals surface area contributed by atoms with Crippen LogP contribution in [0.25, 0.3) is 16.9 Å². The van der Waals surface area contributed by atoms with Gasteiger partial charge >= 0.3 is 5.97 Å². The molecular formula is C24H20N4O3. The summed E-state index contributed by atoms with van der Waals surface area (Å²) in [5.74, 6) is -0.811. The van der Waals surface area contributed by atoms with Crippen molar-refractivity contribution >= 4 is 17.6 Å². The summed E-state index contributed by atoms with van der Waals surface area (Å²) in [6.45, 7) is 1.85. The highest BCUT2D eigenvalue weighted by molar-refractivity contribution is 6.08. The number of ether oxygens (including phenoxy) is 1. The molecule has 7 nitrogen and oxygen atoms in total. The predicted octanol–water partition coefficient (Wildman–Crippen LogP) is 4.28. The first-order chi connectivity index (χ1) is 15.1. The van der Waals surface area contributed by atoms with Crippen molar-refractivity contribution in [1.82, 2.24) is 14.8 Å². The zero-order chi connectivity index (χ0) is 21.8. The zero-order valence-corrected chi connectivity index (χ0v) is 17.1. The first kappa shape index (κ1) is 20.0. The second kappa shape index (κ2) is 8.62. The molecule has 2 aromatic heterocycles. The number of aryl methyl sites for hydroxylation is 1. The lowest BCUT2D eigenvalue weighted by Crippen LogP contribution is -2.14. The van der Waals surface area contributed by atoms with E-state index in [1.54, 1.807) is 47.5 Å². The molecule has 1 N–H and O–H groups in total. The number of nitrogens with one attached hydrogen (secondary N) is 1. The summed E-state index contributed by atoms with van der Waals surface area (Å²) in [5.41, 5.74) is 4.15. The monoisotopic (exact) mass is 412 g/mol. The normalized spacial score (nSPS) is 10.5. The minimum Gasteiger partial charge on any atom is -0.465 e. The molecule has 4 rings (SSSR count). The van der Waals surface area contributed by atoms with Crippen LogP contribution in [0, 0.1) is 6.92 Å². The largest absolute Gasteiger partial charge is 0.465 e. The number of nitrogens with zero attached hydrogens (tertiary/aromatic N) is 3. The number of aromatic nitrogens is 3. The highest BCUT2D eigenvalue weighted by Gasteiger charge is 2.20. The number of amides is 1. The average molecular weight is 412 g/mol. The van der Waals surface area contributed by atoms with E-state index in [-0.39, 0.29) is 5.91 Å². The number of esters is 1. The zero-order valence-electron chi connectivity index (χ0n) is 17.1. The maximum Gasteiger partial charge on any atom is 0.337 e. The lowest BCUT2D eigenvalue weighted by atomic mass is 10.1. The van der Waals surface area contributed by atoms with E-state index in [9.17, 15) is 9.59 Å². The third-order valence-electron chi connectivity index (χ3n) is 4.82. The molecule has 0 saturated carbocycles. The smallest absolute Gasteiger partial charge is 0.337 e. The van der Waals surface area contributed by atoms with Crippen LogP contribution in [0.2, 0.25) is 0 Å². The van der Waals surface area contributed by atoms with Gasteiger partial charge in [0.1, 0.15) is 5.69 Å². The number of pyridine rings is 1. The van der Waals surface area contributed by atoms with Crippen LogP contribution in [0.15, 0.2) is 79.3 Å². The summed E-state index contributed by atoms with van der Waals surface area (Å²) in [6.07, 6.45) is 5.02. The van der Waals surface area contributed by atoms with Crippen LogP contribution in [0.5, 0.6) is 0 Å². The van der Waals surface area contributed by atoms with Crippen molar-refractivity contribution in [2.75, 3.05) is 12.4 Å². The molecule has 0 aliphatic heterocycles. The van der Waals surface area contributed by atoms with E-state index < -0.39 is 5.97 Å². The Balaban J connectivity index is 1.74. The molecule has 31 heavy (non-hydrogen) atoms. The minimum absolute atomic E-state index is 0.342. The highest BCUT2D eigenvalue weighted by atomic mass is 16.5. The van der Waals surface area contributed by atoms with Crippen LogP contribution in [0.1, 0.15) is 26.3 Å². The Bertz CT molecular complexity index is 1230. The number of benzene rings is 2. The van der Waals surface area contributed by atoms with Crippen molar-refractivity contribution in [3.8, 4) is 16.9 Å². The summed E-state index contributed by atoms with van der Waals surface area (Å²) < 4.78 is 6.44. The SMILES string of the molecule is COC(=O)c1ccc(C)c(NC(=O)c2cn(-c3ccccc3)nc2-c2cccnc2)c1. The van der Waals surface area contributed by atoms with Crippen LogP contribution in [0.4, 0.5) is 5.69 Å². The molecule has 0 aliphatic rings. The summed E-state index contributed by atoms with van der Waals surface area (Å²) in [7, 11) is 1.32. The quantitative estimate of drug-likeness (QED) is 0.495. The summed E-state index contributed by atoms with van der Waals surface area (Å²) in [5, 5.41) is 7.54. The van der Waals surface area contributed by atoms with Gasteiger partial charge in [-0.3, -0.25) is 9.78 Å². The van der Waals surface area contributed by atoms with Gasteiger partial charge in [0.15, 0.2) is 0 Å². The first-order valence-electron chi connectivity index (χ1n) is 9.62. The predicted molar refractivity (Wildman–Crippen MR) is 117 cm³/mol. The van der Waals surface area contributed by atoms with Gasteiger partial charge in [-0.2, -0.15) is 5.10 Å². The summed E-state index contributed by atoms with van der Waals surface area (Å²) in [6, 6.07) is 18.2. The second-order valence-corrected chi connectivity index (χ2v) is 6.89. The molecule has 0 unspecified atom stereocenters. The molecular weight excluding hydrogens is 392 g/mol. The molecule has 2 aromatic carbocycles. The lowest BCUT2D eigenvalue weighted by Gasteiger charge is -2.10. The van der Waals surface area contributed by atoms with Gasteiger partial charge < -0.3 is 10.1 Å². The van der Waals surface area contributed by atoms with E-state index in [1.165, 1.54) is 7.11 Å². The van der Waals surface area contributed by atoms with Crippen molar-refractivity contribution in [3.05, 3.63) is 95.9 Å². The molecule has 0 saturated heterocycles. The van der Waals surface area contributed by atoms with Gasteiger partial charge in [0.05, 0.1) is 23.9 Å². The molecule has 0 bridgehead atoms. The van der Waals surface area contributed by atoms with Crippen molar-refractivity contribution in [1.29, 1.82) is 0 Å². The van der Waals surface area contributed by atoms with E-state index in [2.05, 4.69) is 15.4 Å². The van der Waals surface area contributed by atoms with E-state index in [0.29, 0.717) is 22.5 Å². The fourth-order valence-corrected chi connectivity index (χ4v) is 3.16. The Hall–Kier alpha value is -4.26. The third kappa shape index (κ3) is 4.20. The number of hydrogen-bond donors (Lipinski definition) is 1. The molecule has 7 heteroatoms. The minimum atomic E-state index is -0.469. The average Bonchev–Trinajstić information content (AvgIpc) is 3.27. The van der Waals surface area contributed by atoms with Crippen LogP contribution < -0.4 is 5.32 Å². The lowest BCUT2D eigenvalue weighted by molar-refractivity contribution is 0.0600. The van der Waals surface area contributed by atoms with Crippen molar-refractivity contribution < 1.29 is 14.3 Å². The Kier molecular flexibility index (Phi) is 5.57. The van der Waals surface area contributed by atoms with Crippen LogP contribution in [-0.4, -0.2) is 33.8 Å². The van der Waals surface area contributed by atoms with Gasteiger partial charge in [0.2, 0.25) is 0 Å². The van der Waals surface area contributed by atoms with E-state index in [0.717, 1.165) is 16.8 Å². The fraction of sp³-hybridized carbons (Fsp3) is 0.0833. The highest BCUT2D eigenvalue weighted by Crippen LogP contribution is 2.25. The van der Waals surface area contributed by atoms with Crippen molar-refractivity contribution in [3.63, 3.8) is 0 Å². The Morgan fingerprint density at radius 3 is 2.55 bits per heavy atom. The second-order valence-electron chi connectivity index (χ2n) is 6.89. The van der Waals surface area contributed by atoms with Gasteiger partial charge in [0.25, 0.3) is 5.91 Å². The summed E-state index contributed by atoms with van der Waals surface area (Å²) >= 11 is 0. The molecule has 154 valence electrons. The standard InChI is InChI=1S/C24H20N4O3/c1-16-10-11-17(24(30)31-2)13-21(16)26-23(29)20-15-28(19-8-4-3-5-9-19)27-22(20)18-7-6-12-25-14-18/h3-15H,1-2H3,(H,26,29). The number of rotatable bonds is 5. The molecule has 1 amide bonds. The van der Waals surface area contributed by atoms with Crippen LogP contribution in [0.3, 0.4) is 0 Å². The fourth-order valence-electron chi connectivity index (χ4n) is 3.16.